The van der Waals surface area contributed by atoms with Gasteiger partial charge < -0.3 is 9.64 Å². The van der Waals surface area contributed by atoms with Gasteiger partial charge in [0, 0.05) is 31.5 Å². The van der Waals surface area contributed by atoms with Gasteiger partial charge in [0.2, 0.25) is 5.91 Å². The second kappa shape index (κ2) is 9.16. The Hall–Kier alpha value is -1.84. The molecule has 0 fully saturated rings. The van der Waals surface area contributed by atoms with Crippen molar-refractivity contribution in [2.75, 3.05) is 19.7 Å². The Morgan fingerprint density at radius 2 is 1.62 bits per heavy atom. The first-order valence-electron chi connectivity index (χ1n) is 7.66. The Morgan fingerprint density at radius 1 is 1.00 bits per heavy atom. The summed E-state index contributed by atoms with van der Waals surface area (Å²) >= 11 is 0. The van der Waals surface area contributed by atoms with Crippen LogP contribution in [0.1, 0.15) is 50.4 Å². The molecule has 1 rings (SSSR count). The van der Waals surface area contributed by atoms with E-state index in [4.69, 9.17) is 4.74 Å². The first-order chi connectivity index (χ1) is 10.1. The monoisotopic (exact) mass is 291 g/mol. The SMILES string of the molecule is CCCOc1ccc(C(=O)CCC(=O)N(CC)CC)cc1. The first-order valence-corrected chi connectivity index (χ1v) is 7.66. The van der Waals surface area contributed by atoms with Gasteiger partial charge in [0.25, 0.3) is 0 Å². The third kappa shape index (κ3) is 5.58. The summed E-state index contributed by atoms with van der Waals surface area (Å²) in [5.41, 5.74) is 0.631. The number of Topliss-reactive ketones (excluding diaryl/α,β-unsaturated/α-hetero) is 1. The van der Waals surface area contributed by atoms with Crippen LogP contribution in [0.2, 0.25) is 0 Å². The van der Waals surface area contributed by atoms with E-state index in [0.717, 1.165) is 12.2 Å². The third-order valence-corrected chi connectivity index (χ3v) is 3.33. The zero-order chi connectivity index (χ0) is 15.7. The van der Waals surface area contributed by atoms with Gasteiger partial charge in [-0.2, -0.15) is 0 Å². The molecule has 0 unspecified atom stereocenters. The molecule has 0 atom stereocenters. The molecule has 1 amide bonds. The van der Waals surface area contributed by atoms with Gasteiger partial charge in [0.1, 0.15) is 5.75 Å². The van der Waals surface area contributed by atoms with Gasteiger partial charge in [-0.25, -0.2) is 0 Å². The minimum Gasteiger partial charge on any atom is -0.494 e. The third-order valence-electron chi connectivity index (χ3n) is 3.33. The van der Waals surface area contributed by atoms with Crippen molar-refractivity contribution in [2.45, 2.75) is 40.0 Å². The van der Waals surface area contributed by atoms with Crippen molar-refractivity contribution in [1.82, 2.24) is 4.90 Å². The number of hydrogen-bond donors (Lipinski definition) is 0. The lowest BCUT2D eigenvalue weighted by atomic mass is 10.1. The van der Waals surface area contributed by atoms with Crippen LogP contribution < -0.4 is 4.74 Å². The Balaban J connectivity index is 2.50. The summed E-state index contributed by atoms with van der Waals surface area (Å²) in [7, 11) is 0. The molecule has 0 radical (unpaired) electrons. The van der Waals surface area contributed by atoms with E-state index in [2.05, 4.69) is 0 Å². The minimum atomic E-state index is -0.00227. The van der Waals surface area contributed by atoms with Crippen molar-refractivity contribution in [3.63, 3.8) is 0 Å². The molecule has 0 N–H and O–H groups in total. The summed E-state index contributed by atoms with van der Waals surface area (Å²) in [6.07, 6.45) is 1.48. The zero-order valence-corrected chi connectivity index (χ0v) is 13.2. The molecule has 0 aliphatic carbocycles. The van der Waals surface area contributed by atoms with Gasteiger partial charge in [-0.15, -0.1) is 0 Å². The first kappa shape index (κ1) is 17.2. The van der Waals surface area contributed by atoms with Crippen LogP contribution in [0, 0.1) is 0 Å². The number of carbonyl (C=O) groups excluding carboxylic acids is 2. The number of amides is 1. The van der Waals surface area contributed by atoms with E-state index in [9.17, 15) is 9.59 Å². The van der Waals surface area contributed by atoms with Gasteiger partial charge in [0.05, 0.1) is 6.61 Å². The summed E-state index contributed by atoms with van der Waals surface area (Å²) < 4.78 is 5.48. The fourth-order valence-corrected chi connectivity index (χ4v) is 2.06. The lowest BCUT2D eigenvalue weighted by Gasteiger charge is -2.18. The molecule has 1 aromatic carbocycles. The second-order valence-corrected chi connectivity index (χ2v) is 4.86. The van der Waals surface area contributed by atoms with Gasteiger partial charge in [-0.05, 0) is 44.5 Å². The van der Waals surface area contributed by atoms with E-state index >= 15 is 0 Å². The summed E-state index contributed by atoms with van der Waals surface area (Å²) in [6, 6.07) is 7.12. The smallest absolute Gasteiger partial charge is 0.223 e. The van der Waals surface area contributed by atoms with Crippen molar-refractivity contribution >= 4 is 11.7 Å². The topological polar surface area (TPSA) is 46.6 Å². The Labute approximate surface area is 127 Å². The number of benzene rings is 1. The Morgan fingerprint density at radius 3 is 2.14 bits per heavy atom. The molecule has 0 bridgehead atoms. The van der Waals surface area contributed by atoms with Crippen LogP contribution in [-0.2, 0) is 4.79 Å². The number of ketones is 1. The Bertz CT molecular complexity index is 450. The summed E-state index contributed by atoms with van der Waals surface area (Å²) in [5, 5.41) is 0. The number of hydrogen-bond acceptors (Lipinski definition) is 3. The second-order valence-electron chi connectivity index (χ2n) is 4.86. The normalized spacial score (nSPS) is 10.2. The molecule has 4 nitrogen and oxygen atoms in total. The highest BCUT2D eigenvalue weighted by molar-refractivity contribution is 5.98. The van der Waals surface area contributed by atoms with E-state index in [-0.39, 0.29) is 24.5 Å². The molecule has 0 saturated heterocycles. The van der Waals surface area contributed by atoms with Crippen LogP contribution in [-0.4, -0.2) is 36.3 Å². The molecule has 0 spiro atoms. The molecule has 4 heteroatoms. The van der Waals surface area contributed by atoms with Crippen molar-refractivity contribution < 1.29 is 14.3 Å². The lowest BCUT2D eigenvalue weighted by molar-refractivity contribution is -0.130. The molecule has 21 heavy (non-hydrogen) atoms. The van der Waals surface area contributed by atoms with Crippen LogP contribution in [0.15, 0.2) is 24.3 Å². The summed E-state index contributed by atoms with van der Waals surface area (Å²) in [5.74, 6) is 0.807. The van der Waals surface area contributed by atoms with E-state index in [1.54, 1.807) is 29.2 Å². The molecule has 0 heterocycles. The van der Waals surface area contributed by atoms with Crippen LogP contribution >= 0.6 is 0 Å². The number of ether oxygens (including phenoxy) is 1. The van der Waals surface area contributed by atoms with Crippen molar-refractivity contribution in [1.29, 1.82) is 0 Å². The predicted molar refractivity (Wildman–Crippen MR) is 83.7 cm³/mol. The largest absolute Gasteiger partial charge is 0.494 e. The van der Waals surface area contributed by atoms with Crippen LogP contribution in [0.3, 0.4) is 0 Å². The fourth-order valence-electron chi connectivity index (χ4n) is 2.06. The molecule has 116 valence electrons. The van der Waals surface area contributed by atoms with Gasteiger partial charge >= 0.3 is 0 Å². The molecule has 1 aromatic rings. The maximum atomic E-state index is 12.1. The van der Waals surface area contributed by atoms with Crippen molar-refractivity contribution in [3.8, 4) is 5.75 Å². The number of nitrogens with zero attached hydrogens (tertiary/aromatic N) is 1. The van der Waals surface area contributed by atoms with Crippen molar-refractivity contribution in [2.24, 2.45) is 0 Å². The zero-order valence-electron chi connectivity index (χ0n) is 13.2. The van der Waals surface area contributed by atoms with E-state index in [1.807, 2.05) is 20.8 Å². The molecule has 0 aliphatic heterocycles. The highest BCUT2D eigenvalue weighted by Gasteiger charge is 2.13. The predicted octanol–water partition coefficient (Wildman–Crippen LogP) is 3.31. The van der Waals surface area contributed by atoms with E-state index in [0.29, 0.717) is 25.3 Å². The molecule has 0 saturated carbocycles. The highest BCUT2D eigenvalue weighted by atomic mass is 16.5. The maximum Gasteiger partial charge on any atom is 0.223 e. The van der Waals surface area contributed by atoms with Crippen LogP contribution in [0.25, 0.3) is 0 Å². The minimum absolute atomic E-state index is 0.00227. The quantitative estimate of drug-likeness (QED) is 0.656. The van der Waals surface area contributed by atoms with Gasteiger partial charge in [-0.3, -0.25) is 9.59 Å². The molecule has 0 aliphatic rings. The van der Waals surface area contributed by atoms with E-state index in [1.165, 1.54) is 0 Å². The number of rotatable bonds is 9. The molecular formula is C17H25NO3. The molecular weight excluding hydrogens is 266 g/mol. The van der Waals surface area contributed by atoms with Gasteiger partial charge in [0.15, 0.2) is 5.78 Å². The van der Waals surface area contributed by atoms with Gasteiger partial charge in [-0.1, -0.05) is 6.92 Å². The summed E-state index contributed by atoms with van der Waals surface area (Å²) in [6.45, 7) is 7.98. The molecule has 0 aromatic heterocycles. The lowest BCUT2D eigenvalue weighted by Crippen LogP contribution is -2.30. The standard InChI is InChI=1S/C17H25NO3/c1-4-13-21-15-9-7-14(8-10-15)16(19)11-12-17(20)18(5-2)6-3/h7-10H,4-6,11-13H2,1-3H3. The fraction of sp³-hybridized carbons (Fsp3) is 0.529. The summed E-state index contributed by atoms with van der Waals surface area (Å²) in [4.78, 5) is 25.7. The van der Waals surface area contributed by atoms with Crippen molar-refractivity contribution in [3.05, 3.63) is 29.8 Å². The highest BCUT2D eigenvalue weighted by Crippen LogP contribution is 2.14. The van der Waals surface area contributed by atoms with E-state index < -0.39 is 0 Å². The average Bonchev–Trinajstić information content (AvgIpc) is 2.52. The van der Waals surface area contributed by atoms with Crippen LogP contribution in [0.5, 0.6) is 5.75 Å². The average molecular weight is 291 g/mol. The Kier molecular flexibility index (Phi) is 7.51. The maximum absolute atomic E-state index is 12.1. The number of carbonyl (C=O) groups is 2. The van der Waals surface area contributed by atoms with Crippen LogP contribution in [0.4, 0.5) is 0 Å².